The Balaban J connectivity index is 1.32. The van der Waals surface area contributed by atoms with E-state index in [9.17, 15) is 0 Å². The van der Waals surface area contributed by atoms with Crippen LogP contribution in [0.25, 0.3) is 0 Å². The lowest BCUT2D eigenvalue weighted by Gasteiger charge is -2.21. The van der Waals surface area contributed by atoms with E-state index in [2.05, 4.69) is 39.6 Å². The third kappa shape index (κ3) is 6.68. The highest BCUT2D eigenvalue weighted by Gasteiger charge is 2.23. The normalized spacial score (nSPS) is 17.0. The highest BCUT2D eigenvalue weighted by molar-refractivity contribution is 6.30. The van der Waals surface area contributed by atoms with Crippen LogP contribution in [0.2, 0.25) is 5.02 Å². The summed E-state index contributed by atoms with van der Waals surface area (Å²) < 4.78 is 10.8. The van der Waals surface area contributed by atoms with E-state index in [4.69, 9.17) is 20.8 Å². The largest absolute Gasteiger partial charge is 0.467 e. The van der Waals surface area contributed by atoms with Crippen LogP contribution < -0.4 is 15.5 Å². The van der Waals surface area contributed by atoms with Gasteiger partial charge in [0, 0.05) is 50.5 Å². The molecular weight excluding hydrogens is 388 g/mol. The van der Waals surface area contributed by atoms with Gasteiger partial charge in [-0.3, -0.25) is 4.99 Å². The predicted molar refractivity (Wildman–Crippen MR) is 119 cm³/mol. The van der Waals surface area contributed by atoms with Crippen molar-refractivity contribution in [1.29, 1.82) is 0 Å². The molecular formula is C22H31ClN4O2. The van der Waals surface area contributed by atoms with Crippen LogP contribution >= 0.6 is 11.6 Å². The molecule has 1 aliphatic rings. The van der Waals surface area contributed by atoms with Crippen molar-refractivity contribution in [2.75, 3.05) is 44.7 Å². The first-order valence-corrected chi connectivity index (χ1v) is 10.6. The standard InChI is InChI=1S/C22H31ClN4O2/c1-17-6-7-19(23)13-21(17)27-10-8-18(15-27)14-26-22(24-2)25-9-4-11-28-16-20-5-3-12-29-20/h3,5-7,12-13,18H,4,8-11,14-16H2,1-2H3,(H2,24,25,26). The van der Waals surface area contributed by atoms with Gasteiger partial charge in [0.05, 0.1) is 6.26 Å². The van der Waals surface area contributed by atoms with Crippen molar-refractivity contribution in [2.24, 2.45) is 10.9 Å². The lowest BCUT2D eigenvalue weighted by atomic mass is 10.1. The van der Waals surface area contributed by atoms with Gasteiger partial charge in [0.25, 0.3) is 0 Å². The molecule has 2 heterocycles. The Bertz CT molecular complexity index is 779. The van der Waals surface area contributed by atoms with Gasteiger partial charge in [-0.25, -0.2) is 0 Å². The highest BCUT2D eigenvalue weighted by Crippen LogP contribution is 2.29. The molecule has 1 fully saturated rings. The van der Waals surface area contributed by atoms with E-state index in [1.165, 1.54) is 11.3 Å². The summed E-state index contributed by atoms with van der Waals surface area (Å²) in [5.74, 6) is 2.28. The zero-order valence-electron chi connectivity index (χ0n) is 17.3. The fourth-order valence-corrected chi connectivity index (χ4v) is 3.72. The summed E-state index contributed by atoms with van der Waals surface area (Å²) in [5, 5.41) is 7.60. The van der Waals surface area contributed by atoms with Crippen LogP contribution in [0.1, 0.15) is 24.2 Å². The molecule has 6 nitrogen and oxygen atoms in total. The molecule has 0 bridgehead atoms. The number of rotatable bonds is 9. The first kappa shape index (κ1) is 21.5. The second-order valence-corrected chi connectivity index (χ2v) is 7.83. The van der Waals surface area contributed by atoms with Gasteiger partial charge >= 0.3 is 0 Å². The van der Waals surface area contributed by atoms with Crippen molar-refractivity contribution in [3.05, 3.63) is 52.9 Å². The molecule has 3 rings (SSSR count). The molecule has 1 aromatic carbocycles. The van der Waals surface area contributed by atoms with Crippen LogP contribution in [-0.2, 0) is 11.3 Å². The van der Waals surface area contributed by atoms with E-state index in [-0.39, 0.29) is 0 Å². The first-order chi connectivity index (χ1) is 14.2. The summed E-state index contributed by atoms with van der Waals surface area (Å²) in [4.78, 5) is 6.75. The van der Waals surface area contributed by atoms with Crippen molar-refractivity contribution < 1.29 is 9.15 Å². The van der Waals surface area contributed by atoms with Gasteiger partial charge in [-0.1, -0.05) is 17.7 Å². The Kier molecular flexibility index (Phi) is 8.25. The van der Waals surface area contributed by atoms with E-state index in [1.807, 2.05) is 18.2 Å². The number of guanidine groups is 1. The Morgan fingerprint density at radius 2 is 2.24 bits per heavy atom. The Morgan fingerprint density at radius 3 is 3.03 bits per heavy atom. The number of anilines is 1. The minimum absolute atomic E-state index is 0.518. The molecule has 2 N–H and O–H groups in total. The monoisotopic (exact) mass is 418 g/mol. The van der Waals surface area contributed by atoms with Crippen LogP contribution in [-0.4, -0.2) is 45.8 Å². The molecule has 2 aromatic rings. The van der Waals surface area contributed by atoms with Crippen molar-refractivity contribution >= 4 is 23.2 Å². The van der Waals surface area contributed by atoms with Gasteiger partial charge < -0.3 is 24.7 Å². The second kappa shape index (κ2) is 11.1. The van der Waals surface area contributed by atoms with Crippen LogP contribution in [0.3, 0.4) is 0 Å². The third-order valence-electron chi connectivity index (χ3n) is 5.16. The molecule has 0 radical (unpaired) electrons. The van der Waals surface area contributed by atoms with Gasteiger partial charge in [-0.05, 0) is 55.5 Å². The molecule has 1 saturated heterocycles. The summed E-state index contributed by atoms with van der Waals surface area (Å²) in [7, 11) is 1.80. The van der Waals surface area contributed by atoms with Crippen LogP contribution in [0.5, 0.6) is 0 Å². The molecule has 7 heteroatoms. The molecule has 0 spiro atoms. The van der Waals surface area contributed by atoms with E-state index < -0.39 is 0 Å². The molecule has 0 saturated carbocycles. The Hall–Kier alpha value is -2.18. The van der Waals surface area contributed by atoms with Crippen molar-refractivity contribution in [3.8, 4) is 0 Å². The maximum atomic E-state index is 6.18. The number of nitrogens with zero attached hydrogens (tertiary/aromatic N) is 2. The molecule has 1 aromatic heterocycles. The number of benzene rings is 1. The number of hydrogen-bond acceptors (Lipinski definition) is 4. The molecule has 0 aliphatic carbocycles. The zero-order chi connectivity index (χ0) is 20.5. The number of ether oxygens (including phenoxy) is 1. The van der Waals surface area contributed by atoms with Gasteiger partial charge in [0.1, 0.15) is 12.4 Å². The number of aliphatic imine (C=N–C) groups is 1. The van der Waals surface area contributed by atoms with E-state index in [0.717, 1.165) is 55.8 Å². The fourth-order valence-electron chi connectivity index (χ4n) is 3.55. The Labute approximate surface area is 178 Å². The summed E-state index contributed by atoms with van der Waals surface area (Å²) in [6, 6.07) is 9.90. The number of aryl methyl sites for hydroxylation is 1. The molecule has 1 aliphatic heterocycles. The second-order valence-electron chi connectivity index (χ2n) is 7.40. The summed E-state index contributed by atoms with van der Waals surface area (Å²) in [6.45, 7) is 7.16. The predicted octanol–water partition coefficient (Wildman–Crippen LogP) is 3.84. The number of furan rings is 1. The van der Waals surface area contributed by atoms with Gasteiger partial charge in [0.15, 0.2) is 5.96 Å². The number of nitrogens with one attached hydrogen (secondary N) is 2. The maximum Gasteiger partial charge on any atom is 0.190 e. The van der Waals surface area contributed by atoms with E-state index >= 15 is 0 Å². The van der Waals surface area contributed by atoms with Gasteiger partial charge in [0.2, 0.25) is 0 Å². The van der Waals surface area contributed by atoms with Crippen molar-refractivity contribution in [2.45, 2.75) is 26.4 Å². The van der Waals surface area contributed by atoms with Gasteiger partial charge in [-0.2, -0.15) is 0 Å². The lowest BCUT2D eigenvalue weighted by molar-refractivity contribution is 0.105. The topological polar surface area (TPSA) is 62.0 Å². The number of hydrogen-bond donors (Lipinski definition) is 2. The molecule has 1 unspecified atom stereocenters. The van der Waals surface area contributed by atoms with E-state index in [0.29, 0.717) is 19.1 Å². The fraction of sp³-hybridized carbons (Fsp3) is 0.500. The highest BCUT2D eigenvalue weighted by atomic mass is 35.5. The summed E-state index contributed by atoms with van der Waals surface area (Å²) in [6.07, 6.45) is 3.73. The minimum Gasteiger partial charge on any atom is -0.467 e. The lowest BCUT2D eigenvalue weighted by Crippen LogP contribution is -2.40. The summed E-state index contributed by atoms with van der Waals surface area (Å²) >= 11 is 6.18. The average molecular weight is 419 g/mol. The van der Waals surface area contributed by atoms with E-state index in [1.54, 1.807) is 13.3 Å². The smallest absolute Gasteiger partial charge is 0.190 e. The van der Waals surface area contributed by atoms with Crippen molar-refractivity contribution in [3.63, 3.8) is 0 Å². The average Bonchev–Trinajstić information content (AvgIpc) is 3.41. The van der Waals surface area contributed by atoms with Crippen molar-refractivity contribution in [1.82, 2.24) is 10.6 Å². The Morgan fingerprint density at radius 1 is 1.34 bits per heavy atom. The molecule has 1 atom stereocenters. The van der Waals surface area contributed by atoms with Crippen LogP contribution in [0.15, 0.2) is 46.0 Å². The van der Waals surface area contributed by atoms with Crippen LogP contribution in [0.4, 0.5) is 5.69 Å². The molecule has 0 amide bonds. The van der Waals surface area contributed by atoms with Crippen LogP contribution in [0, 0.1) is 12.8 Å². The van der Waals surface area contributed by atoms with Gasteiger partial charge in [-0.15, -0.1) is 0 Å². The minimum atomic E-state index is 0.518. The SMILES string of the molecule is CN=C(NCCCOCc1ccco1)NCC1CCN(c2cc(Cl)ccc2C)C1. The zero-order valence-corrected chi connectivity index (χ0v) is 18.0. The molecule has 29 heavy (non-hydrogen) atoms. The molecule has 158 valence electrons. The maximum absolute atomic E-state index is 6.18. The third-order valence-corrected chi connectivity index (χ3v) is 5.40. The first-order valence-electron chi connectivity index (χ1n) is 10.2. The summed E-state index contributed by atoms with van der Waals surface area (Å²) in [5.41, 5.74) is 2.52. The number of halogens is 1. The quantitative estimate of drug-likeness (QED) is 0.368.